The zero-order chi connectivity index (χ0) is 14.5. The summed E-state index contributed by atoms with van der Waals surface area (Å²) < 4.78 is 5.56. The first-order chi connectivity index (χ1) is 9.56. The number of rotatable bonds is 4. The molecule has 2 N–H and O–H groups in total. The summed E-state index contributed by atoms with van der Waals surface area (Å²) in [5.41, 5.74) is 0.698. The number of nitrogens with one attached hydrogen (secondary N) is 2. The number of benzene rings is 1. The number of piperidine rings is 1. The molecule has 0 bridgehead atoms. The minimum Gasteiger partial charge on any atom is -0.489 e. The van der Waals surface area contributed by atoms with E-state index >= 15 is 0 Å². The number of carbonyl (C=O) groups excluding carboxylic acids is 1. The molecule has 0 saturated carbocycles. The van der Waals surface area contributed by atoms with Crippen LogP contribution in [0.3, 0.4) is 0 Å². The highest BCUT2D eigenvalue weighted by Crippen LogP contribution is 2.28. The van der Waals surface area contributed by atoms with Gasteiger partial charge in [-0.15, -0.1) is 0 Å². The van der Waals surface area contributed by atoms with Gasteiger partial charge >= 0.3 is 0 Å². The molecule has 1 aromatic carbocycles. The molecule has 1 heterocycles. The highest BCUT2D eigenvalue weighted by molar-refractivity contribution is 6.32. The quantitative estimate of drug-likeness (QED) is 0.897. The molecule has 1 amide bonds. The SMILES string of the molecule is CC(C)Oc1ccc(NC(=O)[C@H]2CCCCN2)cc1Cl. The van der Waals surface area contributed by atoms with Gasteiger partial charge in [-0.3, -0.25) is 4.79 Å². The maximum atomic E-state index is 12.1. The van der Waals surface area contributed by atoms with Crippen LogP contribution in [0.2, 0.25) is 5.02 Å². The molecule has 0 aromatic heterocycles. The molecule has 0 unspecified atom stereocenters. The third kappa shape index (κ3) is 4.12. The van der Waals surface area contributed by atoms with Crippen molar-refractivity contribution < 1.29 is 9.53 Å². The normalized spacial score (nSPS) is 18.9. The Morgan fingerprint density at radius 2 is 2.25 bits per heavy atom. The van der Waals surface area contributed by atoms with E-state index in [0.29, 0.717) is 16.5 Å². The Morgan fingerprint density at radius 1 is 1.45 bits per heavy atom. The van der Waals surface area contributed by atoms with Gasteiger partial charge in [0.25, 0.3) is 0 Å². The number of halogens is 1. The summed E-state index contributed by atoms with van der Waals surface area (Å²) in [7, 11) is 0. The van der Waals surface area contributed by atoms with Gasteiger partial charge < -0.3 is 15.4 Å². The average molecular weight is 297 g/mol. The van der Waals surface area contributed by atoms with Crippen molar-refractivity contribution in [2.24, 2.45) is 0 Å². The fourth-order valence-corrected chi connectivity index (χ4v) is 2.46. The summed E-state index contributed by atoms with van der Waals surface area (Å²) in [5.74, 6) is 0.633. The van der Waals surface area contributed by atoms with Gasteiger partial charge in [0, 0.05) is 5.69 Å². The molecule has 1 fully saturated rings. The Balaban J connectivity index is 1.99. The first kappa shape index (κ1) is 15.1. The Kier molecular flexibility index (Phi) is 5.26. The number of carbonyl (C=O) groups is 1. The highest BCUT2D eigenvalue weighted by Gasteiger charge is 2.20. The molecule has 1 saturated heterocycles. The van der Waals surface area contributed by atoms with E-state index in [1.54, 1.807) is 12.1 Å². The maximum absolute atomic E-state index is 12.1. The van der Waals surface area contributed by atoms with Crippen molar-refractivity contribution in [1.29, 1.82) is 0 Å². The molecule has 1 aliphatic heterocycles. The van der Waals surface area contributed by atoms with Crippen molar-refractivity contribution in [2.45, 2.75) is 45.3 Å². The molecule has 5 heteroatoms. The summed E-state index contributed by atoms with van der Waals surface area (Å²) >= 11 is 6.15. The van der Waals surface area contributed by atoms with Crippen LogP contribution in [-0.4, -0.2) is 24.6 Å². The van der Waals surface area contributed by atoms with Gasteiger partial charge in [0.15, 0.2) is 0 Å². The second-order valence-corrected chi connectivity index (χ2v) is 5.71. The van der Waals surface area contributed by atoms with Crippen molar-refractivity contribution in [2.75, 3.05) is 11.9 Å². The average Bonchev–Trinajstić information content (AvgIpc) is 2.42. The molecule has 20 heavy (non-hydrogen) atoms. The van der Waals surface area contributed by atoms with E-state index in [0.717, 1.165) is 25.8 Å². The van der Waals surface area contributed by atoms with Gasteiger partial charge in [0.2, 0.25) is 5.91 Å². The summed E-state index contributed by atoms with van der Waals surface area (Å²) in [6.07, 6.45) is 3.18. The summed E-state index contributed by atoms with van der Waals surface area (Å²) in [4.78, 5) is 12.1. The molecule has 1 atom stereocenters. The lowest BCUT2D eigenvalue weighted by atomic mass is 10.0. The van der Waals surface area contributed by atoms with Gasteiger partial charge in [-0.2, -0.15) is 0 Å². The van der Waals surface area contributed by atoms with Crippen LogP contribution in [0, 0.1) is 0 Å². The Hall–Kier alpha value is -1.26. The van der Waals surface area contributed by atoms with Gasteiger partial charge in [-0.25, -0.2) is 0 Å². The van der Waals surface area contributed by atoms with Crippen LogP contribution in [0.15, 0.2) is 18.2 Å². The molecule has 2 rings (SSSR count). The second kappa shape index (κ2) is 6.95. The minimum atomic E-state index is -0.103. The molecule has 0 spiro atoms. The minimum absolute atomic E-state index is 0.00158. The third-order valence-corrected chi connectivity index (χ3v) is 3.48. The predicted molar refractivity (Wildman–Crippen MR) is 81.5 cm³/mol. The lowest BCUT2D eigenvalue weighted by Crippen LogP contribution is -2.43. The second-order valence-electron chi connectivity index (χ2n) is 5.30. The van der Waals surface area contributed by atoms with Crippen LogP contribution in [0.25, 0.3) is 0 Å². The van der Waals surface area contributed by atoms with Crippen molar-refractivity contribution in [3.63, 3.8) is 0 Å². The molecular formula is C15H21ClN2O2. The van der Waals surface area contributed by atoms with E-state index in [2.05, 4.69) is 10.6 Å². The number of anilines is 1. The fraction of sp³-hybridized carbons (Fsp3) is 0.533. The van der Waals surface area contributed by atoms with Gasteiger partial charge in [-0.05, 0) is 51.4 Å². The lowest BCUT2D eigenvalue weighted by molar-refractivity contribution is -0.118. The first-order valence-electron chi connectivity index (χ1n) is 7.06. The largest absolute Gasteiger partial charge is 0.489 e. The number of amides is 1. The van der Waals surface area contributed by atoms with Crippen LogP contribution in [-0.2, 0) is 4.79 Å². The number of hydrogen-bond acceptors (Lipinski definition) is 3. The predicted octanol–water partition coefficient (Wildman–Crippen LogP) is 3.21. The zero-order valence-corrected chi connectivity index (χ0v) is 12.7. The van der Waals surface area contributed by atoms with Crippen LogP contribution in [0.4, 0.5) is 5.69 Å². The molecule has 0 aliphatic carbocycles. The van der Waals surface area contributed by atoms with Crippen molar-refractivity contribution in [3.05, 3.63) is 23.2 Å². The number of hydrogen-bond donors (Lipinski definition) is 2. The highest BCUT2D eigenvalue weighted by atomic mass is 35.5. The van der Waals surface area contributed by atoms with Crippen molar-refractivity contribution in [1.82, 2.24) is 5.32 Å². The van der Waals surface area contributed by atoms with Crippen molar-refractivity contribution in [3.8, 4) is 5.75 Å². The van der Waals surface area contributed by atoms with Crippen LogP contribution >= 0.6 is 11.6 Å². The number of ether oxygens (including phenoxy) is 1. The molecular weight excluding hydrogens is 276 g/mol. The van der Waals surface area contributed by atoms with Crippen LogP contribution in [0.5, 0.6) is 5.75 Å². The van der Waals surface area contributed by atoms with E-state index in [1.807, 2.05) is 19.9 Å². The fourth-order valence-electron chi connectivity index (χ4n) is 2.23. The molecule has 110 valence electrons. The van der Waals surface area contributed by atoms with E-state index in [9.17, 15) is 4.79 Å². The molecule has 4 nitrogen and oxygen atoms in total. The standard InChI is InChI=1S/C15H21ClN2O2/c1-10(2)20-14-7-6-11(9-12(14)16)18-15(19)13-5-3-4-8-17-13/h6-7,9-10,13,17H,3-5,8H2,1-2H3,(H,18,19)/t13-/m1/s1. The lowest BCUT2D eigenvalue weighted by Gasteiger charge is -2.22. The van der Waals surface area contributed by atoms with E-state index in [1.165, 1.54) is 0 Å². The topological polar surface area (TPSA) is 50.4 Å². The monoisotopic (exact) mass is 296 g/mol. The smallest absolute Gasteiger partial charge is 0.241 e. The van der Waals surface area contributed by atoms with Gasteiger partial charge in [0.05, 0.1) is 17.2 Å². The third-order valence-electron chi connectivity index (χ3n) is 3.19. The molecule has 1 aliphatic rings. The summed E-state index contributed by atoms with van der Waals surface area (Å²) in [5, 5.41) is 6.62. The summed E-state index contributed by atoms with van der Waals surface area (Å²) in [6.45, 7) is 4.79. The van der Waals surface area contributed by atoms with E-state index < -0.39 is 0 Å². The molecule has 1 aromatic rings. The Bertz CT molecular complexity index is 471. The van der Waals surface area contributed by atoms with Crippen LogP contribution < -0.4 is 15.4 Å². The van der Waals surface area contributed by atoms with E-state index in [-0.39, 0.29) is 18.1 Å². The van der Waals surface area contributed by atoms with E-state index in [4.69, 9.17) is 16.3 Å². The van der Waals surface area contributed by atoms with Gasteiger partial charge in [0.1, 0.15) is 5.75 Å². The molecule has 0 radical (unpaired) electrons. The van der Waals surface area contributed by atoms with Crippen LogP contribution in [0.1, 0.15) is 33.1 Å². The maximum Gasteiger partial charge on any atom is 0.241 e. The van der Waals surface area contributed by atoms with Gasteiger partial charge in [-0.1, -0.05) is 18.0 Å². The summed E-state index contributed by atoms with van der Waals surface area (Å²) in [6, 6.07) is 5.21. The van der Waals surface area contributed by atoms with Crippen molar-refractivity contribution >= 4 is 23.2 Å². The Morgan fingerprint density at radius 3 is 2.85 bits per heavy atom. The zero-order valence-electron chi connectivity index (χ0n) is 11.9. The Labute approximate surface area is 124 Å². The first-order valence-corrected chi connectivity index (χ1v) is 7.44.